The van der Waals surface area contributed by atoms with Crippen molar-refractivity contribution in [1.82, 2.24) is 14.9 Å². The molecule has 162 valence electrons. The van der Waals surface area contributed by atoms with Crippen LogP contribution in [-0.2, 0) is 9.84 Å². The maximum absolute atomic E-state index is 12.4. The first-order valence-electron chi connectivity index (χ1n) is 10.3. The molecule has 2 aromatic heterocycles. The van der Waals surface area contributed by atoms with Crippen LogP contribution in [0, 0.1) is 6.92 Å². The number of pyridine rings is 1. The lowest BCUT2D eigenvalue weighted by Gasteiger charge is -2.13. The van der Waals surface area contributed by atoms with E-state index in [1.807, 2.05) is 45.4 Å². The van der Waals surface area contributed by atoms with Crippen LogP contribution in [-0.4, -0.2) is 56.3 Å². The SMILES string of the molecule is CCS(=O)(=O)c1cccc(-c2ccc(OCCN(C)C)c3[nH]c4ncc(C)cc4c23)c1. The number of aryl methyl sites for hydroxylation is 1. The number of hydrogen-bond donors (Lipinski definition) is 1. The van der Waals surface area contributed by atoms with Crippen molar-refractivity contribution in [1.29, 1.82) is 0 Å². The number of sulfone groups is 1. The van der Waals surface area contributed by atoms with Gasteiger partial charge in [0.15, 0.2) is 9.84 Å². The first-order chi connectivity index (χ1) is 14.8. The van der Waals surface area contributed by atoms with E-state index < -0.39 is 9.84 Å². The van der Waals surface area contributed by atoms with Crippen LogP contribution >= 0.6 is 0 Å². The highest BCUT2D eigenvalue weighted by Gasteiger charge is 2.18. The number of H-pyrrole nitrogens is 1. The number of aromatic amines is 1. The molecule has 4 rings (SSSR count). The molecule has 0 saturated heterocycles. The second kappa shape index (κ2) is 8.32. The molecule has 0 unspecified atom stereocenters. The Hall–Kier alpha value is -2.90. The van der Waals surface area contributed by atoms with Crippen LogP contribution in [0.15, 0.2) is 53.6 Å². The van der Waals surface area contributed by atoms with Gasteiger partial charge in [-0.2, -0.15) is 0 Å². The maximum atomic E-state index is 12.4. The lowest BCUT2D eigenvalue weighted by Crippen LogP contribution is -2.19. The van der Waals surface area contributed by atoms with E-state index >= 15 is 0 Å². The number of nitrogens with one attached hydrogen (secondary N) is 1. The smallest absolute Gasteiger partial charge is 0.178 e. The largest absolute Gasteiger partial charge is 0.490 e. The van der Waals surface area contributed by atoms with Gasteiger partial charge >= 0.3 is 0 Å². The Morgan fingerprint density at radius 1 is 1.13 bits per heavy atom. The first-order valence-corrected chi connectivity index (χ1v) is 12.0. The third-order valence-electron chi connectivity index (χ3n) is 5.38. The van der Waals surface area contributed by atoms with Crippen molar-refractivity contribution >= 4 is 31.8 Å². The van der Waals surface area contributed by atoms with E-state index in [-0.39, 0.29) is 5.75 Å². The number of ether oxygens (including phenoxy) is 1. The Morgan fingerprint density at radius 3 is 2.68 bits per heavy atom. The van der Waals surface area contributed by atoms with E-state index in [1.54, 1.807) is 25.1 Å². The normalized spacial score (nSPS) is 12.2. The fraction of sp³-hybridized carbons (Fsp3) is 0.292. The second-order valence-electron chi connectivity index (χ2n) is 7.98. The van der Waals surface area contributed by atoms with Gasteiger partial charge < -0.3 is 14.6 Å². The average molecular weight is 438 g/mol. The molecule has 0 aliphatic heterocycles. The molecule has 0 aliphatic rings. The van der Waals surface area contributed by atoms with Crippen LogP contribution < -0.4 is 4.74 Å². The van der Waals surface area contributed by atoms with Gasteiger partial charge in [0.05, 0.1) is 16.2 Å². The van der Waals surface area contributed by atoms with Gasteiger partial charge in [0, 0.05) is 23.5 Å². The number of rotatable bonds is 7. The summed E-state index contributed by atoms with van der Waals surface area (Å²) in [7, 11) is 0.722. The summed E-state index contributed by atoms with van der Waals surface area (Å²) in [5, 5.41) is 1.98. The fourth-order valence-corrected chi connectivity index (χ4v) is 4.61. The first kappa shape index (κ1) is 21.3. The van der Waals surface area contributed by atoms with Gasteiger partial charge in [-0.15, -0.1) is 0 Å². The molecule has 1 N–H and O–H groups in total. The number of hydrogen-bond acceptors (Lipinski definition) is 5. The van der Waals surface area contributed by atoms with Gasteiger partial charge in [-0.25, -0.2) is 13.4 Å². The monoisotopic (exact) mass is 437 g/mol. The zero-order valence-electron chi connectivity index (χ0n) is 18.3. The zero-order chi connectivity index (χ0) is 22.2. The van der Waals surface area contributed by atoms with Crippen LogP contribution in [0.1, 0.15) is 12.5 Å². The van der Waals surface area contributed by atoms with Crippen LogP contribution in [0.3, 0.4) is 0 Å². The molecule has 0 saturated carbocycles. The van der Waals surface area contributed by atoms with Crippen LogP contribution in [0.25, 0.3) is 33.1 Å². The molecule has 0 amide bonds. The van der Waals surface area contributed by atoms with E-state index in [2.05, 4.69) is 20.9 Å². The van der Waals surface area contributed by atoms with Crippen molar-refractivity contribution in [3.05, 3.63) is 54.2 Å². The Morgan fingerprint density at radius 2 is 1.94 bits per heavy atom. The third kappa shape index (κ3) is 4.16. The Bertz CT molecular complexity index is 1360. The molecule has 0 atom stereocenters. The van der Waals surface area contributed by atoms with Crippen LogP contribution in [0.5, 0.6) is 5.75 Å². The van der Waals surface area contributed by atoms with Gasteiger partial charge in [0.2, 0.25) is 0 Å². The maximum Gasteiger partial charge on any atom is 0.178 e. The van der Waals surface area contributed by atoms with E-state index in [9.17, 15) is 8.42 Å². The molecule has 31 heavy (non-hydrogen) atoms. The number of fused-ring (bicyclic) bond motifs is 3. The zero-order valence-corrected chi connectivity index (χ0v) is 19.1. The van der Waals surface area contributed by atoms with Crippen LogP contribution in [0.4, 0.5) is 0 Å². The lowest BCUT2D eigenvalue weighted by molar-refractivity contribution is 0.263. The Balaban J connectivity index is 1.93. The molecule has 6 nitrogen and oxygen atoms in total. The van der Waals surface area contributed by atoms with Crippen molar-refractivity contribution in [2.24, 2.45) is 0 Å². The summed E-state index contributed by atoms with van der Waals surface area (Å²) in [6, 6.07) is 13.2. The summed E-state index contributed by atoms with van der Waals surface area (Å²) < 4.78 is 31.0. The molecule has 2 heterocycles. The summed E-state index contributed by atoms with van der Waals surface area (Å²) in [5.74, 6) is 0.828. The molecule has 4 aromatic rings. The molecule has 0 fully saturated rings. The van der Waals surface area contributed by atoms with Crippen molar-refractivity contribution in [2.45, 2.75) is 18.7 Å². The predicted octanol–water partition coefficient (Wildman–Crippen LogP) is 4.43. The van der Waals surface area contributed by atoms with E-state index in [0.717, 1.165) is 50.9 Å². The standard InChI is InChI=1S/C24H27N3O3S/c1-5-31(28,29)18-8-6-7-17(14-18)19-9-10-21(30-12-11-27(3)4)23-22(19)20-13-16(2)15-25-24(20)26-23/h6-10,13-15H,5,11-12H2,1-4H3,(H,25,26). The summed E-state index contributed by atoms with van der Waals surface area (Å²) in [5.41, 5.74) is 4.50. The van der Waals surface area contributed by atoms with E-state index in [1.165, 1.54) is 0 Å². The molecule has 0 aliphatic carbocycles. The number of benzene rings is 2. The molecule has 2 aromatic carbocycles. The van der Waals surface area contributed by atoms with Crippen molar-refractivity contribution in [3.8, 4) is 16.9 Å². The van der Waals surface area contributed by atoms with Gasteiger partial charge in [-0.3, -0.25) is 0 Å². The molecule has 0 radical (unpaired) electrons. The summed E-state index contributed by atoms with van der Waals surface area (Å²) >= 11 is 0. The Labute approximate surface area is 182 Å². The summed E-state index contributed by atoms with van der Waals surface area (Å²) in [6.45, 7) is 5.04. The minimum absolute atomic E-state index is 0.0702. The highest BCUT2D eigenvalue weighted by atomic mass is 32.2. The minimum atomic E-state index is -3.30. The summed E-state index contributed by atoms with van der Waals surface area (Å²) in [4.78, 5) is 10.4. The van der Waals surface area contributed by atoms with Crippen molar-refractivity contribution < 1.29 is 13.2 Å². The van der Waals surface area contributed by atoms with Gasteiger partial charge in [0.1, 0.15) is 18.0 Å². The third-order valence-corrected chi connectivity index (χ3v) is 7.12. The van der Waals surface area contributed by atoms with Gasteiger partial charge in [-0.1, -0.05) is 19.1 Å². The minimum Gasteiger partial charge on any atom is -0.490 e. The summed E-state index contributed by atoms with van der Waals surface area (Å²) in [6.07, 6.45) is 1.83. The molecule has 7 heteroatoms. The van der Waals surface area contributed by atoms with E-state index in [4.69, 9.17) is 4.74 Å². The number of likely N-dealkylation sites (N-methyl/N-ethyl adjacent to an activating group) is 1. The number of aromatic nitrogens is 2. The number of nitrogens with zero attached hydrogens (tertiary/aromatic N) is 2. The molecule has 0 spiro atoms. The quantitative estimate of drug-likeness (QED) is 0.463. The fourth-order valence-electron chi connectivity index (χ4n) is 3.69. The highest BCUT2D eigenvalue weighted by Crippen LogP contribution is 2.39. The molecular formula is C24H27N3O3S. The lowest BCUT2D eigenvalue weighted by atomic mass is 9.99. The van der Waals surface area contributed by atoms with Gasteiger partial charge in [0.25, 0.3) is 0 Å². The predicted molar refractivity (Wildman–Crippen MR) is 126 cm³/mol. The second-order valence-corrected chi connectivity index (χ2v) is 10.3. The van der Waals surface area contributed by atoms with Crippen LogP contribution in [0.2, 0.25) is 0 Å². The average Bonchev–Trinajstić information content (AvgIpc) is 3.13. The highest BCUT2D eigenvalue weighted by molar-refractivity contribution is 7.91. The molecule has 0 bridgehead atoms. The van der Waals surface area contributed by atoms with Crippen molar-refractivity contribution in [2.75, 3.05) is 33.0 Å². The molecular weight excluding hydrogens is 410 g/mol. The Kier molecular flexibility index (Phi) is 5.73. The van der Waals surface area contributed by atoms with Gasteiger partial charge in [-0.05, 0) is 68.0 Å². The van der Waals surface area contributed by atoms with E-state index in [0.29, 0.717) is 11.5 Å². The van der Waals surface area contributed by atoms with Crippen molar-refractivity contribution in [3.63, 3.8) is 0 Å². The topological polar surface area (TPSA) is 75.3 Å².